The summed E-state index contributed by atoms with van der Waals surface area (Å²) in [5.74, 6) is 0. The normalized spacial score (nSPS) is 12.9. The predicted molar refractivity (Wildman–Crippen MR) is 68.3 cm³/mol. The molecule has 0 fully saturated rings. The van der Waals surface area contributed by atoms with Gasteiger partial charge in [0, 0.05) is 13.2 Å². The number of aliphatic hydroxyl groups is 1. The van der Waals surface area contributed by atoms with Crippen LogP contribution in [0, 0.1) is 0 Å². The number of ether oxygens (including phenoxy) is 3. The molecule has 0 aliphatic heterocycles. The van der Waals surface area contributed by atoms with Gasteiger partial charge in [-0.3, -0.25) is 0 Å². The average Bonchev–Trinajstić information content (AvgIpc) is 2.33. The average molecular weight is 248 g/mol. The minimum absolute atomic E-state index is 0.323. The van der Waals surface area contributed by atoms with Crippen LogP contribution in [0.3, 0.4) is 0 Å². The minimum atomic E-state index is -0.525. The van der Waals surface area contributed by atoms with E-state index in [1.165, 1.54) is 0 Å². The summed E-state index contributed by atoms with van der Waals surface area (Å²) in [6.45, 7) is 7.57. The van der Waals surface area contributed by atoms with E-state index in [9.17, 15) is 5.11 Å². The molecule has 0 rings (SSSR count). The molecule has 4 nitrogen and oxygen atoms in total. The van der Waals surface area contributed by atoms with Gasteiger partial charge in [-0.1, -0.05) is 26.7 Å². The maximum atomic E-state index is 9.50. The predicted octanol–water partition coefficient (Wildman–Crippen LogP) is 2.00. The highest BCUT2D eigenvalue weighted by molar-refractivity contribution is 4.51. The van der Waals surface area contributed by atoms with Gasteiger partial charge >= 0.3 is 0 Å². The fraction of sp³-hybridized carbons (Fsp3) is 1.00. The number of rotatable bonds is 13. The zero-order valence-electron chi connectivity index (χ0n) is 11.3. The molecule has 1 atom stereocenters. The highest BCUT2D eigenvalue weighted by Gasteiger charge is 2.03. The van der Waals surface area contributed by atoms with Crippen molar-refractivity contribution in [1.29, 1.82) is 0 Å². The van der Waals surface area contributed by atoms with E-state index in [0.29, 0.717) is 33.0 Å². The number of hydrogen-bond acceptors (Lipinski definition) is 4. The lowest BCUT2D eigenvalue weighted by Crippen LogP contribution is -2.23. The van der Waals surface area contributed by atoms with Crippen LogP contribution in [-0.2, 0) is 14.2 Å². The lowest BCUT2D eigenvalue weighted by atomic mass is 10.3. The van der Waals surface area contributed by atoms with Crippen LogP contribution in [0.15, 0.2) is 0 Å². The summed E-state index contributed by atoms with van der Waals surface area (Å²) in [7, 11) is 0. The Morgan fingerprint density at radius 1 is 0.765 bits per heavy atom. The van der Waals surface area contributed by atoms with Gasteiger partial charge in [-0.05, 0) is 12.8 Å². The van der Waals surface area contributed by atoms with E-state index >= 15 is 0 Å². The van der Waals surface area contributed by atoms with Gasteiger partial charge in [-0.2, -0.15) is 0 Å². The van der Waals surface area contributed by atoms with Gasteiger partial charge in [0.15, 0.2) is 0 Å². The molecule has 0 aliphatic rings. The first-order valence-electron chi connectivity index (χ1n) is 6.72. The molecule has 0 aliphatic carbocycles. The van der Waals surface area contributed by atoms with E-state index in [0.717, 1.165) is 32.3 Å². The van der Waals surface area contributed by atoms with Crippen molar-refractivity contribution in [3.8, 4) is 0 Å². The molecule has 104 valence electrons. The maximum Gasteiger partial charge on any atom is 0.101 e. The van der Waals surface area contributed by atoms with Gasteiger partial charge in [0.05, 0.1) is 26.4 Å². The van der Waals surface area contributed by atoms with Crippen molar-refractivity contribution in [3.63, 3.8) is 0 Å². The van der Waals surface area contributed by atoms with Gasteiger partial charge in [-0.15, -0.1) is 0 Å². The summed E-state index contributed by atoms with van der Waals surface area (Å²) < 4.78 is 15.9. The van der Waals surface area contributed by atoms with Crippen LogP contribution < -0.4 is 0 Å². The van der Waals surface area contributed by atoms with Gasteiger partial charge in [0.1, 0.15) is 6.10 Å². The largest absolute Gasteiger partial charge is 0.388 e. The highest BCUT2D eigenvalue weighted by atomic mass is 16.5. The third-order valence-electron chi connectivity index (χ3n) is 2.28. The summed E-state index contributed by atoms with van der Waals surface area (Å²) in [6.07, 6.45) is 3.87. The molecule has 4 heteroatoms. The maximum absolute atomic E-state index is 9.50. The van der Waals surface area contributed by atoms with E-state index in [2.05, 4.69) is 13.8 Å². The smallest absolute Gasteiger partial charge is 0.101 e. The molecule has 0 bridgehead atoms. The van der Waals surface area contributed by atoms with Crippen LogP contribution in [0.1, 0.15) is 39.5 Å². The fourth-order valence-corrected chi connectivity index (χ4v) is 1.20. The van der Waals surface area contributed by atoms with Crippen molar-refractivity contribution in [3.05, 3.63) is 0 Å². The Morgan fingerprint density at radius 3 is 1.82 bits per heavy atom. The standard InChI is InChI=1S/C13H28O4/c1-3-5-7-15-9-10-17-12-13(14)11-16-8-6-4-2/h13-14H,3-12H2,1-2H3/t13-/m1/s1. The highest BCUT2D eigenvalue weighted by Crippen LogP contribution is 1.93. The molecule has 0 unspecified atom stereocenters. The Morgan fingerprint density at radius 2 is 1.24 bits per heavy atom. The fourth-order valence-electron chi connectivity index (χ4n) is 1.20. The first-order valence-corrected chi connectivity index (χ1v) is 6.72. The molecule has 0 amide bonds. The van der Waals surface area contributed by atoms with Crippen molar-refractivity contribution >= 4 is 0 Å². The number of unbranched alkanes of at least 4 members (excludes halogenated alkanes) is 2. The molecular formula is C13H28O4. The van der Waals surface area contributed by atoms with Gasteiger partial charge < -0.3 is 19.3 Å². The van der Waals surface area contributed by atoms with Crippen molar-refractivity contribution in [2.45, 2.75) is 45.6 Å². The number of aliphatic hydroxyl groups excluding tert-OH is 1. The molecule has 0 saturated carbocycles. The lowest BCUT2D eigenvalue weighted by molar-refractivity contribution is -0.0324. The van der Waals surface area contributed by atoms with E-state index in [1.54, 1.807) is 0 Å². The van der Waals surface area contributed by atoms with Gasteiger partial charge in [-0.25, -0.2) is 0 Å². The molecule has 0 aromatic rings. The van der Waals surface area contributed by atoms with Crippen molar-refractivity contribution < 1.29 is 19.3 Å². The van der Waals surface area contributed by atoms with Crippen LogP contribution in [0.25, 0.3) is 0 Å². The molecule has 0 spiro atoms. The van der Waals surface area contributed by atoms with E-state index in [4.69, 9.17) is 14.2 Å². The summed E-state index contributed by atoms with van der Waals surface area (Å²) in [5, 5.41) is 9.50. The monoisotopic (exact) mass is 248 g/mol. The lowest BCUT2D eigenvalue weighted by Gasteiger charge is -2.11. The first-order chi connectivity index (χ1) is 8.31. The molecule has 0 aromatic heterocycles. The van der Waals surface area contributed by atoms with Crippen molar-refractivity contribution in [1.82, 2.24) is 0 Å². The molecule has 0 aromatic carbocycles. The van der Waals surface area contributed by atoms with E-state index in [1.807, 2.05) is 0 Å². The van der Waals surface area contributed by atoms with E-state index < -0.39 is 6.10 Å². The summed E-state index contributed by atoms with van der Waals surface area (Å²) in [6, 6.07) is 0. The van der Waals surface area contributed by atoms with Crippen LogP contribution >= 0.6 is 0 Å². The molecule has 0 radical (unpaired) electrons. The third-order valence-corrected chi connectivity index (χ3v) is 2.28. The van der Waals surface area contributed by atoms with Gasteiger partial charge in [0.2, 0.25) is 0 Å². The topological polar surface area (TPSA) is 47.9 Å². The zero-order chi connectivity index (χ0) is 12.8. The van der Waals surface area contributed by atoms with Crippen LogP contribution in [0.2, 0.25) is 0 Å². The third kappa shape index (κ3) is 13.8. The summed E-state index contributed by atoms with van der Waals surface area (Å²) in [4.78, 5) is 0. The SMILES string of the molecule is CCCCOCCOC[C@H](O)COCCCC. The van der Waals surface area contributed by atoms with Crippen LogP contribution in [0.5, 0.6) is 0 Å². The Bertz CT molecular complexity index is 141. The Balaban J connectivity index is 3.08. The second-order valence-electron chi connectivity index (χ2n) is 4.12. The van der Waals surface area contributed by atoms with Crippen molar-refractivity contribution in [2.24, 2.45) is 0 Å². The second-order valence-corrected chi connectivity index (χ2v) is 4.12. The first kappa shape index (κ1) is 16.8. The molecule has 1 N–H and O–H groups in total. The van der Waals surface area contributed by atoms with Crippen LogP contribution in [-0.4, -0.2) is 50.9 Å². The summed E-state index contributed by atoms with van der Waals surface area (Å²) >= 11 is 0. The molecular weight excluding hydrogens is 220 g/mol. The van der Waals surface area contributed by atoms with Crippen molar-refractivity contribution in [2.75, 3.05) is 39.6 Å². The molecule has 0 heterocycles. The Hall–Kier alpha value is -0.160. The quantitative estimate of drug-likeness (QED) is 0.506. The minimum Gasteiger partial charge on any atom is -0.388 e. The zero-order valence-corrected chi connectivity index (χ0v) is 11.3. The second kappa shape index (κ2) is 13.9. The summed E-state index contributed by atoms with van der Waals surface area (Å²) in [5.41, 5.74) is 0. The Labute approximate surface area is 105 Å². The Kier molecular flexibility index (Phi) is 13.8. The van der Waals surface area contributed by atoms with Gasteiger partial charge in [0.25, 0.3) is 0 Å². The van der Waals surface area contributed by atoms with Crippen LogP contribution in [0.4, 0.5) is 0 Å². The van der Waals surface area contributed by atoms with E-state index in [-0.39, 0.29) is 0 Å². The molecule has 0 saturated heterocycles. The molecule has 17 heavy (non-hydrogen) atoms. The number of hydrogen-bond donors (Lipinski definition) is 1.